The lowest BCUT2D eigenvalue weighted by Gasteiger charge is -2.08. The van der Waals surface area contributed by atoms with Crippen LogP contribution in [0, 0.1) is 5.92 Å². The van der Waals surface area contributed by atoms with Crippen LogP contribution < -0.4 is 0 Å². The molecule has 0 radical (unpaired) electrons. The van der Waals surface area contributed by atoms with Crippen LogP contribution in [0.1, 0.15) is 52.4 Å². The largest absolute Gasteiger partial charge is 0.469 e. The second kappa shape index (κ2) is 10.8. The third kappa shape index (κ3) is 9.33. The van der Waals surface area contributed by atoms with Gasteiger partial charge in [-0.15, -0.1) is 0 Å². The Kier molecular flexibility index (Phi) is 10.5. The first kappa shape index (κ1) is 16.6. The molecule has 0 aliphatic heterocycles. The third-order valence-corrected chi connectivity index (χ3v) is 4.38. The maximum Gasteiger partial charge on any atom is 0.309 e. The number of unbranched alkanes of at least 4 members (excludes halogenated alkanes) is 5. The summed E-state index contributed by atoms with van der Waals surface area (Å²) in [6.45, 7) is 3.97. The van der Waals surface area contributed by atoms with Gasteiger partial charge < -0.3 is 4.74 Å². The van der Waals surface area contributed by atoms with E-state index in [1.54, 1.807) is 6.92 Å². The van der Waals surface area contributed by atoms with Crippen LogP contribution in [0.3, 0.4) is 0 Å². The van der Waals surface area contributed by atoms with Crippen molar-refractivity contribution < 1.29 is 13.7 Å². The summed E-state index contributed by atoms with van der Waals surface area (Å²) in [6, 6.07) is 0. The maximum atomic E-state index is 11.7. The van der Waals surface area contributed by atoms with E-state index in [9.17, 15) is 9.00 Å². The van der Waals surface area contributed by atoms with E-state index in [1.165, 1.54) is 32.8 Å². The summed E-state index contributed by atoms with van der Waals surface area (Å²) >= 11 is 0. The average molecular weight is 262 g/mol. The van der Waals surface area contributed by atoms with Gasteiger partial charge in [-0.05, 0) is 6.42 Å². The van der Waals surface area contributed by atoms with Crippen molar-refractivity contribution in [3.05, 3.63) is 0 Å². The predicted octanol–water partition coefficient (Wildman–Crippen LogP) is 2.90. The molecule has 0 aromatic heterocycles. The van der Waals surface area contributed by atoms with Crippen molar-refractivity contribution >= 4 is 16.8 Å². The van der Waals surface area contributed by atoms with E-state index < -0.39 is 10.8 Å². The van der Waals surface area contributed by atoms with Crippen molar-refractivity contribution in [1.29, 1.82) is 0 Å². The van der Waals surface area contributed by atoms with Crippen molar-refractivity contribution in [3.8, 4) is 0 Å². The normalized spacial score (nSPS) is 14.3. The summed E-state index contributed by atoms with van der Waals surface area (Å²) in [5.74, 6) is 0.636. The highest BCUT2D eigenvalue weighted by Crippen LogP contribution is 2.07. The number of rotatable bonds is 10. The van der Waals surface area contributed by atoms with Crippen LogP contribution in [0.25, 0.3) is 0 Å². The predicted molar refractivity (Wildman–Crippen MR) is 72.4 cm³/mol. The van der Waals surface area contributed by atoms with Gasteiger partial charge in [0.15, 0.2) is 0 Å². The molecule has 0 aliphatic rings. The van der Waals surface area contributed by atoms with Crippen LogP contribution in [0.15, 0.2) is 0 Å². The van der Waals surface area contributed by atoms with Crippen molar-refractivity contribution in [2.75, 3.05) is 18.6 Å². The molecule has 0 rings (SSSR count). The van der Waals surface area contributed by atoms with Crippen molar-refractivity contribution in [1.82, 2.24) is 0 Å². The van der Waals surface area contributed by atoms with Crippen molar-refractivity contribution in [3.63, 3.8) is 0 Å². The average Bonchev–Trinajstić information content (AvgIpc) is 2.32. The van der Waals surface area contributed by atoms with E-state index in [1.807, 2.05) is 0 Å². The minimum absolute atomic E-state index is 0.249. The first-order valence-corrected chi connectivity index (χ1v) is 8.03. The van der Waals surface area contributed by atoms with E-state index in [0.717, 1.165) is 12.8 Å². The molecule has 0 saturated heterocycles. The van der Waals surface area contributed by atoms with E-state index in [4.69, 9.17) is 0 Å². The summed E-state index contributed by atoms with van der Waals surface area (Å²) in [5, 5.41) is 0. The van der Waals surface area contributed by atoms with E-state index in [2.05, 4.69) is 11.7 Å². The summed E-state index contributed by atoms with van der Waals surface area (Å²) < 4.78 is 16.3. The second-order valence-electron chi connectivity index (χ2n) is 4.50. The zero-order valence-electron chi connectivity index (χ0n) is 11.4. The zero-order valence-corrected chi connectivity index (χ0v) is 12.2. The number of ether oxygens (including phenoxy) is 1. The SMILES string of the molecule is CCCCCCCCS(=O)CC(C)C(=O)OC. The molecule has 0 spiro atoms. The van der Waals surface area contributed by atoms with Gasteiger partial charge in [0.25, 0.3) is 0 Å². The van der Waals surface area contributed by atoms with Gasteiger partial charge in [0.05, 0.1) is 13.0 Å². The van der Waals surface area contributed by atoms with Crippen molar-refractivity contribution in [2.24, 2.45) is 5.92 Å². The molecule has 0 fully saturated rings. The highest BCUT2D eigenvalue weighted by molar-refractivity contribution is 7.85. The molecule has 0 aromatic rings. The molecule has 0 aliphatic carbocycles. The molecule has 2 atom stereocenters. The van der Waals surface area contributed by atoms with Gasteiger partial charge >= 0.3 is 5.97 Å². The number of carbonyl (C=O) groups excluding carboxylic acids is 1. The quantitative estimate of drug-likeness (QED) is 0.449. The van der Waals surface area contributed by atoms with Crippen LogP contribution in [-0.4, -0.2) is 28.8 Å². The first-order valence-electron chi connectivity index (χ1n) is 6.54. The summed E-state index contributed by atoms with van der Waals surface area (Å²) in [6.07, 6.45) is 7.22. The molecule has 17 heavy (non-hydrogen) atoms. The Morgan fingerprint density at radius 1 is 1.18 bits per heavy atom. The molecule has 0 N–H and O–H groups in total. The van der Waals surface area contributed by atoms with Gasteiger partial charge in [0, 0.05) is 22.3 Å². The lowest BCUT2D eigenvalue weighted by molar-refractivity contribution is -0.144. The van der Waals surface area contributed by atoms with Crippen LogP contribution >= 0.6 is 0 Å². The Bertz CT molecular complexity index is 229. The Balaban J connectivity index is 3.49. The van der Waals surface area contributed by atoms with Gasteiger partial charge in [0.1, 0.15) is 0 Å². The van der Waals surface area contributed by atoms with Gasteiger partial charge in [0.2, 0.25) is 0 Å². The van der Waals surface area contributed by atoms with E-state index in [0.29, 0.717) is 11.5 Å². The van der Waals surface area contributed by atoms with Gasteiger partial charge in [-0.1, -0.05) is 46.0 Å². The maximum absolute atomic E-state index is 11.7. The fraction of sp³-hybridized carbons (Fsp3) is 0.923. The van der Waals surface area contributed by atoms with Gasteiger partial charge in [-0.2, -0.15) is 0 Å². The molecular weight excluding hydrogens is 236 g/mol. The topological polar surface area (TPSA) is 43.4 Å². The smallest absolute Gasteiger partial charge is 0.309 e. The lowest BCUT2D eigenvalue weighted by Crippen LogP contribution is -2.20. The molecule has 0 bridgehead atoms. The number of hydrogen-bond donors (Lipinski definition) is 0. The Morgan fingerprint density at radius 2 is 1.76 bits per heavy atom. The summed E-state index contributed by atoms with van der Waals surface area (Å²) in [4.78, 5) is 11.1. The Morgan fingerprint density at radius 3 is 2.35 bits per heavy atom. The van der Waals surface area contributed by atoms with Gasteiger partial charge in [-0.25, -0.2) is 0 Å². The Hall–Kier alpha value is -0.380. The number of methoxy groups -OCH3 is 1. The van der Waals surface area contributed by atoms with E-state index in [-0.39, 0.29) is 11.9 Å². The molecule has 102 valence electrons. The minimum atomic E-state index is -0.880. The van der Waals surface area contributed by atoms with Crippen LogP contribution in [0.4, 0.5) is 0 Å². The standard InChI is InChI=1S/C13H26O3S/c1-4-5-6-7-8-9-10-17(15)11-12(2)13(14)16-3/h12H,4-11H2,1-3H3. The molecule has 4 heteroatoms. The molecule has 0 amide bonds. The molecule has 3 nitrogen and oxygen atoms in total. The first-order chi connectivity index (χ1) is 8.11. The molecule has 0 aromatic carbocycles. The monoisotopic (exact) mass is 262 g/mol. The highest BCUT2D eigenvalue weighted by Gasteiger charge is 2.15. The van der Waals surface area contributed by atoms with Crippen LogP contribution in [-0.2, 0) is 20.3 Å². The number of esters is 1. The zero-order chi connectivity index (χ0) is 13.1. The third-order valence-electron chi connectivity index (χ3n) is 2.77. The van der Waals surface area contributed by atoms with Gasteiger partial charge in [-0.3, -0.25) is 9.00 Å². The molecule has 0 saturated carbocycles. The van der Waals surface area contributed by atoms with Crippen molar-refractivity contribution in [2.45, 2.75) is 52.4 Å². The van der Waals surface area contributed by atoms with Crippen LogP contribution in [0.5, 0.6) is 0 Å². The fourth-order valence-corrected chi connectivity index (χ4v) is 3.06. The van der Waals surface area contributed by atoms with E-state index >= 15 is 0 Å². The fourth-order valence-electron chi connectivity index (χ4n) is 1.67. The molecule has 2 unspecified atom stereocenters. The number of carbonyl (C=O) groups is 1. The Labute approximate surface area is 108 Å². The second-order valence-corrected chi connectivity index (χ2v) is 6.12. The lowest BCUT2D eigenvalue weighted by atomic mass is 10.1. The minimum Gasteiger partial charge on any atom is -0.469 e. The summed E-state index contributed by atoms with van der Waals surface area (Å²) in [7, 11) is 0.490. The van der Waals surface area contributed by atoms with Crippen LogP contribution in [0.2, 0.25) is 0 Å². The molecule has 0 heterocycles. The summed E-state index contributed by atoms with van der Waals surface area (Å²) in [5.41, 5.74) is 0. The highest BCUT2D eigenvalue weighted by atomic mass is 32.2. The number of hydrogen-bond acceptors (Lipinski definition) is 3. The molecular formula is C13H26O3S.